The molecule has 0 bridgehead atoms. The lowest BCUT2D eigenvalue weighted by molar-refractivity contribution is -0.127. The van der Waals surface area contributed by atoms with Crippen LogP contribution < -0.4 is 19.6 Å². The third kappa shape index (κ3) is 4.46. The molecule has 6 nitrogen and oxygen atoms in total. The lowest BCUT2D eigenvalue weighted by atomic mass is 9.94. The molecule has 5 aromatic rings. The smallest absolute Gasteiger partial charge is 0.271 e. The number of hydrogen-bond donors (Lipinski definition) is 0. The second kappa shape index (κ2) is 10.8. The quantitative estimate of drug-likeness (QED) is 0.260. The summed E-state index contributed by atoms with van der Waals surface area (Å²) < 4.78 is 7.97. The van der Waals surface area contributed by atoms with E-state index in [-0.39, 0.29) is 11.5 Å². The maximum atomic E-state index is 14.4. The van der Waals surface area contributed by atoms with Crippen LogP contribution in [0.2, 0.25) is 0 Å². The maximum Gasteiger partial charge on any atom is 0.271 e. The SMILES string of the molecule is CCN(CC)C(=O)C1=C(C)N=c2s/c(=C/c3c4ccccc4cc4ccccc34)c(=O)n2[C@H]1c1ccccc1OC. The van der Waals surface area contributed by atoms with Crippen LogP contribution in [0.1, 0.15) is 37.9 Å². The Labute approximate surface area is 242 Å². The van der Waals surface area contributed by atoms with Crippen molar-refractivity contribution < 1.29 is 9.53 Å². The molecule has 1 aromatic heterocycles. The average molecular weight is 562 g/mol. The number of benzene rings is 4. The number of nitrogens with zero attached hydrogens (tertiary/aromatic N) is 3. The lowest BCUT2D eigenvalue weighted by Gasteiger charge is -2.29. The molecule has 2 heterocycles. The Balaban J connectivity index is 1.65. The third-order valence-electron chi connectivity index (χ3n) is 7.82. The Hall–Kier alpha value is -4.49. The number of amides is 1. The normalized spacial score (nSPS) is 15.2. The number of aromatic nitrogens is 1. The predicted molar refractivity (Wildman–Crippen MR) is 166 cm³/mol. The van der Waals surface area contributed by atoms with Gasteiger partial charge in [0.1, 0.15) is 11.8 Å². The fourth-order valence-electron chi connectivity index (χ4n) is 5.80. The predicted octanol–water partition coefficient (Wildman–Crippen LogP) is 5.42. The summed E-state index contributed by atoms with van der Waals surface area (Å²) in [4.78, 5) is 35.4. The number of carbonyl (C=O) groups excluding carboxylic acids is 1. The van der Waals surface area contributed by atoms with E-state index >= 15 is 0 Å². The molecule has 0 aliphatic carbocycles. The lowest BCUT2D eigenvalue weighted by Crippen LogP contribution is -2.43. The van der Waals surface area contributed by atoms with Crippen LogP contribution in [0.4, 0.5) is 0 Å². The molecule has 0 saturated carbocycles. The summed E-state index contributed by atoms with van der Waals surface area (Å²) in [5, 5.41) is 4.37. The first-order chi connectivity index (χ1) is 20.0. The number of thiazole rings is 1. The summed E-state index contributed by atoms with van der Waals surface area (Å²) >= 11 is 1.35. The van der Waals surface area contributed by atoms with E-state index in [0.29, 0.717) is 39.4 Å². The maximum absolute atomic E-state index is 14.4. The van der Waals surface area contributed by atoms with Gasteiger partial charge >= 0.3 is 0 Å². The highest BCUT2D eigenvalue weighted by Gasteiger charge is 2.35. The fraction of sp³-hybridized carbons (Fsp3) is 0.206. The van der Waals surface area contributed by atoms with Crippen molar-refractivity contribution in [2.75, 3.05) is 20.2 Å². The second-order valence-corrected chi connectivity index (χ2v) is 11.0. The van der Waals surface area contributed by atoms with Gasteiger partial charge in [0.05, 0.1) is 22.9 Å². The summed E-state index contributed by atoms with van der Waals surface area (Å²) in [7, 11) is 1.61. The molecule has 1 aliphatic rings. The number of likely N-dealkylation sites (N-methyl/N-ethyl adjacent to an activating group) is 1. The minimum Gasteiger partial charge on any atom is -0.496 e. The molecule has 1 aliphatic heterocycles. The largest absolute Gasteiger partial charge is 0.496 e. The van der Waals surface area contributed by atoms with Gasteiger partial charge in [0.2, 0.25) is 0 Å². The van der Waals surface area contributed by atoms with E-state index in [1.54, 1.807) is 16.6 Å². The molecule has 4 aromatic carbocycles. The standard InChI is InChI=1S/C34H31N3O3S/c1-5-36(6-2)33(39)30-21(3)35-34-37(31(30)26-17-11-12-18-28(26)40-4)32(38)29(41-34)20-27-24-15-9-7-13-22(24)19-23-14-8-10-16-25(23)27/h7-20,31H,5-6H2,1-4H3/b29-20+/t31-/m0/s1. The number of ether oxygens (including phenoxy) is 1. The molecule has 206 valence electrons. The highest BCUT2D eigenvalue weighted by molar-refractivity contribution is 7.07. The number of allylic oxidation sites excluding steroid dienone is 1. The molecule has 0 radical (unpaired) electrons. The molecule has 0 unspecified atom stereocenters. The second-order valence-electron chi connectivity index (χ2n) is 10.0. The minimum absolute atomic E-state index is 0.124. The summed E-state index contributed by atoms with van der Waals surface area (Å²) in [6.45, 7) is 6.89. The van der Waals surface area contributed by atoms with Gasteiger partial charge in [-0.2, -0.15) is 0 Å². The Kier molecular flexibility index (Phi) is 7.05. The van der Waals surface area contributed by atoms with Crippen LogP contribution in [0.25, 0.3) is 27.6 Å². The summed E-state index contributed by atoms with van der Waals surface area (Å²) in [6.07, 6.45) is 1.99. The van der Waals surface area contributed by atoms with Gasteiger partial charge in [-0.25, -0.2) is 4.99 Å². The van der Waals surface area contributed by atoms with Crippen LogP contribution in [0.15, 0.2) is 99.9 Å². The van der Waals surface area contributed by atoms with Gasteiger partial charge in [-0.1, -0.05) is 78.1 Å². The number of para-hydroxylation sites is 1. The van der Waals surface area contributed by atoms with Gasteiger partial charge in [-0.05, 0) is 66.1 Å². The molecular formula is C34H31N3O3S. The van der Waals surface area contributed by atoms with Crippen molar-refractivity contribution in [3.05, 3.63) is 121 Å². The van der Waals surface area contributed by atoms with Crippen LogP contribution in [0, 0.1) is 0 Å². The van der Waals surface area contributed by atoms with Gasteiger partial charge in [-0.3, -0.25) is 14.2 Å². The molecule has 1 amide bonds. The van der Waals surface area contributed by atoms with Crippen LogP contribution >= 0.6 is 11.3 Å². The first kappa shape index (κ1) is 26.7. The Morgan fingerprint density at radius 1 is 0.976 bits per heavy atom. The van der Waals surface area contributed by atoms with Crippen molar-refractivity contribution in [3.8, 4) is 5.75 Å². The van der Waals surface area contributed by atoms with Gasteiger partial charge in [0.25, 0.3) is 11.5 Å². The van der Waals surface area contributed by atoms with E-state index in [2.05, 4.69) is 30.3 Å². The van der Waals surface area contributed by atoms with Gasteiger partial charge in [-0.15, -0.1) is 0 Å². The van der Waals surface area contributed by atoms with Crippen molar-refractivity contribution in [1.82, 2.24) is 9.47 Å². The summed E-state index contributed by atoms with van der Waals surface area (Å²) in [6, 6.07) is 25.6. The Morgan fingerprint density at radius 3 is 2.22 bits per heavy atom. The number of carbonyl (C=O) groups is 1. The monoisotopic (exact) mass is 561 g/mol. The van der Waals surface area contributed by atoms with E-state index in [0.717, 1.165) is 32.7 Å². The Bertz CT molecular complexity index is 1980. The number of fused-ring (bicyclic) bond motifs is 3. The van der Waals surface area contributed by atoms with E-state index in [9.17, 15) is 9.59 Å². The molecule has 0 fully saturated rings. The fourth-order valence-corrected chi connectivity index (χ4v) is 6.83. The number of methoxy groups -OCH3 is 1. The highest BCUT2D eigenvalue weighted by Crippen LogP contribution is 2.36. The number of rotatable bonds is 6. The zero-order valence-electron chi connectivity index (χ0n) is 23.5. The molecule has 7 heteroatoms. The number of hydrogen-bond acceptors (Lipinski definition) is 5. The average Bonchev–Trinajstić information content (AvgIpc) is 3.30. The highest BCUT2D eigenvalue weighted by atomic mass is 32.1. The van der Waals surface area contributed by atoms with Crippen molar-refractivity contribution in [1.29, 1.82) is 0 Å². The van der Waals surface area contributed by atoms with E-state index in [4.69, 9.17) is 9.73 Å². The van der Waals surface area contributed by atoms with Crippen molar-refractivity contribution in [3.63, 3.8) is 0 Å². The summed E-state index contributed by atoms with van der Waals surface area (Å²) in [5.74, 6) is 0.494. The first-order valence-electron chi connectivity index (χ1n) is 13.8. The molecule has 6 rings (SSSR count). The van der Waals surface area contributed by atoms with Crippen LogP contribution in [-0.2, 0) is 4.79 Å². The van der Waals surface area contributed by atoms with Crippen molar-refractivity contribution >= 4 is 44.9 Å². The molecule has 1 atom stereocenters. The first-order valence-corrected chi connectivity index (χ1v) is 14.6. The minimum atomic E-state index is -0.665. The van der Waals surface area contributed by atoms with Crippen molar-refractivity contribution in [2.45, 2.75) is 26.8 Å². The zero-order valence-corrected chi connectivity index (χ0v) is 24.4. The van der Waals surface area contributed by atoms with E-state index in [1.165, 1.54) is 11.3 Å². The molecule has 0 N–H and O–H groups in total. The zero-order chi connectivity index (χ0) is 28.7. The van der Waals surface area contributed by atoms with Gasteiger partial charge in [0.15, 0.2) is 4.80 Å². The molecule has 41 heavy (non-hydrogen) atoms. The van der Waals surface area contributed by atoms with Crippen molar-refractivity contribution in [2.24, 2.45) is 4.99 Å². The van der Waals surface area contributed by atoms with Crippen LogP contribution in [0.3, 0.4) is 0 Å². The van der Waals surface area contributed by atoms with Gasteiger partial charge < -0.3 is 9.64 Å². The molecular weight excluding hydrogens is 530 g/mol. The van der Waals surface area contributed by atoms with E-state index < -0.39 is 6.04 Å². The topological polar surface area (TPSA) is 63.9 Å². The molecule has 0 saturated heterocycles. The Morgan fingerprint density at radius 2 is 1.59 bits per heavy atom. The summed E-state index contributed by atoms with van der Waals surface area (Å²) in [5.41, 5.74) is 2.67. The third-order valence-corrected chi connectivity index (χ3v) is 8.81. The molecule has 0 spiro atoms. The van der Waals surface area contributed by atoms with Crippen LogP contribution in [0.5, 0.6) is 5.75 Å². The van der Waals surface area contributed by atoms with Crippen LogP contribution in [-0.4, -0.2) is 35.6 Å². The van der Waals surface area contributed by atoms with Gasteiger partial charge in [0, 0.05) is 18.7 Å². The van der Waals surface area contributed by atoms with E-state index in [1.807, 2.05) is 75.4 Å².